The molecule has 0 heterocycles. The zero-order valence-corrected chi connectivity index (χ0v) is 20.2. The van der Waals surface area contributed by atoms with Gasteiger partial charge in [0.1, 0.15) is 0 Å². The fourth-order valence-electron chi connectivity index (χ4n) is 2.76. The summed E-state index contributed by atoms with van der Waals surface area (Å²) < 4.78 is 23.1. The molecule has 0 aromatic rings. The van der Waals surface area contributed by atoms with E-state index in [2.05, 4.69) is 19.7 Å². The van der Waals surface area contributed by atoms with E-state index in [4.69, 9.17) is 17.0 Å². The summed E-state index contributed by atoms with van der Waals surface area (Å²) in [5.74, 6) is 0. The van der Waals surface area contributed by atoms with Crippen molar-refractivity contribution in [1.29, 1.82) is 0 Å². The molecule has 0 amide bonds. The Labute approximate surface area is 182 Å². The average Bonchev–Trinajstić information content (AvgIpc) is 2.59. The monoisotopic (exact) mass is 457 g/mol. The van der Waals surface area contributed by atoms with Crippen LogP contribution in [0.4, 0.5) is 0 Å². The Morgan fingerprint density at radius 2 is 0.963 bits per heavy atom. The van der Waals surface area contributed by atoms with Crippen LogP contribution in [0.1, 0.15) is 59.3 Å². The molecule has 0 rings (SSSR count). The molecule has 0 unspecified atom stereocenters. The molecule has 0 aromatic heterocycles. The fourth-order valence-corrected chi connectivity index (χ4v) is 3.51. The molecule has 0 saturated carbocycles. The molecule has 4 nitrogen and oxygen atoms in total. The number of hydrogen-bond donors (Lipinski definition) is 0. The van der Waals surface area contributed by atoms with Gasteiger partial charge < -0.3 is 0 Å². The van der Waals surface area contributed by atoms with Crippen molar-refractivity contribution < 1.29 is 42.2 Å². The van der Waals surface area contributed by atoms with Crippen LogP contribution in [0.25, 0.3) is 0 Å². The van der Waals surface area contributed by atoms with Crippen LogP contribution in [0.3, 0.4) is 0 Å². The second kappa shape index (κ2) is 16.9. The first-order chi connectivity index (χ1) is 12.8. The van der Waals surface area contributed by atoms with E-state index in [9.17, 15) is 0 Å². The van der Waals surface area contributed by atoms with E-state index in [1.807, 2.05) is 20.8 Å². The Bertz CT molecular complexity index is 374. The van der Waals surface area contributed by atoms with Gasteiger partial charge in [0, 0.05) is 0 Å². The third-order valence-electron chi connectivity index (χ3n) is 4.03. The van der Waals surface area contributed by atoms with E-state index >= 15 is 0 Å². The van der Waals surface area contributed by atoms with Crippen molar-refractivity contribution in [1.82, 2.24) is 0 Å². The molecular weight excluding hydrogens is 419 g/mol. The molecule has 0 aromatic carbocycles. The van der Waals surface area contributed by atoms with Crippen LogP contribution in [-0.4, -0.2) is 45.2 Å². The van der Waals surface area contributed by atoms with Crippen LogP contribution in [0.2, 0.25) is 0 Å². The van der Waals surface area contributed by atoms with E-state index in [1.54, 1.807) is 0 Å². The Morgan fingerprint density at radius 3 is 1.19 bits per heavy atom. The zero-order chi connectivity index (χ0) is 20.5. The molecule has 0 aliphatic carbocycles. The van der Waals surface area contributed by atoms with Crippen LogP contribution in [-0.2, 0) is 42.2 Å². The Morgan fingerprint density at radius 1 is 0.667 bits per heavy atom. The standard InChI is InChI=1S/C22H39O4.Zr/c1-19(2)16-24-13-7-10-22(23,11-8-14-25-17-20(3)4)12-9-15-26-18-21(5)6;/h1,3,5,7-18H2,2,4,6H3;/q-1;+1. The molecule has 0 bridgehead atoms. The summed E-state index contributed by atoms with van der Waals surface area (Å²) in [5, 5.41) is 0. The van der Waals surface area contributed by atoms with Gasteiger partial charge in [-0.3, -0.25) is 0 Å². The first-order valence-corrected chi connectivity index (χ1v) is 10.8. The van der Waals surface area contributed by atoms with Crippen LogP contribution in [0.15, 0.2) is 36.5 Å². The van der Waals surface area contributed by atoms with E-state index in [-0.39, 0.29) is 5.60 Å². The van der Waals surface area contributed by atoms with Gasteiger partial charge in [0.05, 0.1) is 0 Å². The second-order valence-corrected chi connectivity index (χ2v) is 8.13. The number of rotatable bonds is 19. The van der Waals surface area contributed by atoms with Crippen LogP contribution < -0.4 is 0 Å². The molecule has 0 spiro atoms. The molecule has 0 atom stereocenters. The maximum absolute atomic E-state index is 6.09. The second-order valence-electron chi connectivity index (χ2n) is 7.62. The average molecular weight is 459 g/mol. The van der Waals surface area contributed by atoms with Crippen LogP contribution in [0.5, 0.6) is 0 Å². The Balaban J connectivity index is 4.40. The number of hydrogen-bond acceptors (Lipinski definition) is 4. The van der Waals surface area contributed by atoms with Gasteiger partial charge >= 0.3 is 183 Å². The zero-order valence-electron chi connectivity index (χ0n) is 17.7. The summed E-state index contributed by atoms with van der Waals surface area (Å²) in [5.41, 5.74) is 3.07. The predicted molar refractivity (Wildman–Crippen MR) is 108 cm³/mol. The first kappa shape index (κ1) is 26.9. The molecule has 0 aliphatic heterocycles. The summed E-state index contributed by atoms with van der Waals surface area (Å²) in [6, 6.07) is 0. The van der Waals surface area contributed by atoms with Crippen molar-refractivity contribution >= 4 is 0 Å². The molecule has 0 saturated heterocycles. The van der Waals surface area contributed by atoms with Crippen molar-refractivity contribution in [2.45, 2.75) is 64.9 Å². The van der Waals surface area contributed by atoms with Crippen molar-refractivity contribution in [3.63, 3.8) is 0 Å². The van der Waals surface area contributed by atoms with Crippen molar-refractivity contribution in [3.8, 4) is 0 Å². The van der Waals surface area contributed by atoms with E-state index in [0.29, 0.717) is 19.8 Å². The van der Waals surface area contributed by atoms with Gasteiger partial charge in [-0.1, -0.05) is 0 Å². The third kappa shape index (κ3) is 16.6. The van der Waals surface area contributed by atoms with Crippen molar-refractivity contribution in [2.24, 2.45) is 0 Å². The minimum atomic E-state index is -0.107. The summed E-state index contributed by atoms with van der Waals surface area (Å²) in [7, 11) is 0. The molecular formula is C22H39O4Zr. The van der Waals surface area contributed by atoms with Gasteiger partial charge in [0.25, 0.3) is 0 Å². The van der Waals surface area contributed by atoms with Crippen LogP contribution >= 0.6 is 0 Å². The van der Waals surface area contributed by atoms with E-state index < -0.39 is 0 Å². The van der Waals surface area contributed by atoms with Crippen molar-refractivity contribution in [2.75, 3.05) is 39.6 Å². The van der Waals surface area contributed by atoms with Gasteiger partial charge in [-0.25, -0.2) is 0 Å². The molecule has 0 aliphatic rings. The molecule has 0 radical (unpaired) electrons. The minimum absolute atomic E-state index is 0.107. The Hall–Kier alpha value is -0.0569. The molecule has 27 heavy (non-hydrogen) atoms. The normalized spacial score (nSPS) is 11.5. The summed E-state index contributed by atoms with van der Waals surface area (Å²) in [6.45, 7) is 21.7. The van der Waals surface area contributed by atoms with Gasteiger partial charge in [0.15, 0.2) is 0 Å². The van der Waals surface area contributed by atoms with Crippen molar-refractivity contribution in [3.05, 3.63) is 36.5 Å². The van der Waals surface area contributed by atoms with E-state index in [1.165, 1.54) is 0 Å². The van der Waals surface area contributed by atoms with Crippen LogP contribution in [0, 0.1) is 0 Å². The summed E-state index contributed by atoms with van der Waals surface area (Å²) in [4.78, 5) is 0. The predicted octanol–water partition coefficient (Wildman–Crippen LogP) is 5.32. The van der Waals surface area contributed by atoms with Gasteiger partial charge in [0.2, 0.25) is 0 Å². The topological polar surface area (TPSA) is 36.9 Å². The Kier molecular flexibility index (Phi) is 16.8. The van der Waals surface area contributed by atoms with E-state index in [0.717, 1.165) is 100 Å². The summed E-state index contributed by atoms with van der Waals surface area (Å²) in [6.07, 6.45) is 5.95. The molecule has 0 N–H and O–H groups in total. The quantitative estimate of drug-likeness (QED) is 0.194. The SMILES string of the molecule is C=C(C)COCCCC(CCCOCC(=C)C)(CCCOCC(=C)C)[O][Zr]. The van der Waals surface area contributed by atoms with Gasteiger partial charge in [-0.05, 0) is 0 Å². The van der Waals surface area contributed by atoms with Gasteiger partial charge in [-0.2, -0.15) is 0 Å². The third-order valence-corrected chi connectivity index (χ3v) is 5.09. The fraction of sp³-hybridized carbons (Fsp3) is 0.727. The maximum atomic E-state index is 6.09. The first-order valence-electron chi connectivity index (χ1n) is 9.82. The molecule has 0 fully saturated rings. The summed E-state index contributed by atoms with van der Waals surface area (Å²) >= 11 is 1.11. The van der Waals surface area contributed by atoms with Gasteiger partial charge in [-0.15, -0.1) is 0 Å². The molecule has 5 heteroatoms. The number of ether oxygens (including phenoxy) is 3. The molecule has 155 valence electrons.